The van der Waals surface area contributed by atoms with Gasteiger partial charge in [0.2, 0.25) is 0 Å². The SMILES string of the molecule is NCc1c2c(nn1-c1ccccc1)CCNC2. The van der Waals surface area contributed by atoms with E-state index in [4.69, 9.17) is 5.73 Å². The highest BCUT2D eigenvalue weighted by Crippen LogP contribution is 2.21. The number of hydrogen-bond donors (Lipinski definition) is 2. The summed E-state index contributed by atoms with van der Waals surface area (Å²) in [5, 5.41) is 8.06. The van der Waals surface area contributed by atoms with Gasteiger partial charge in [0.1, 0.15) is 0 Å². The summed E-state index contributed by atoms with van der Waals surface area (Å²) in [5.74, 6) is 0. The van der Waals surface area contributed by atoms with Crippen molar-refractivity contribution in [2.24, 2.45) is 5.73 Å². The zero-order valence-corrected chi connectivity index (χ0v) is 9.69. The molecular formula is C13H16N4. The van der Waals surface area contributed by atoms with Gasteiger partial charge in [0, 0.05) is 31.6 Å². The van der Waals surface area contributed by atoms with E-state index in [1.807, 2.05) is 22.9 Å². The number of rotatable bonds is 2. The zero-order valence-electron chi connectivity index (χ0n) is 9.69. The smallest absolute Gasteiger partial charge is 0.0690 e. The van der Waals surface area contributed by atoms with E-state index in [9.17, 15) is 0 Å². The maximum Gasteiger partial charge on any atom is 0.0690 e. The first-order chi connectivity index (χ1) is 8.40. The number of benzene rings is 1. The summed E-state index contributed by atoms with van der Waals surface area (Å²) in [5.41, 5.74) is 10.5. The molecule has 0 bridgehead atoms. The molecule has 0 amide bonds. The summed E-state index contributed by atoms with van der Waals surface area (Å²) in [6.45, 7) is 2.41. The van der Waals surface area contributed by atoms with Crippen molar-refractivity contribution in [1.29, 1.82) is 0 Å². The van der Waals surface area contributed by atoms with Gasteiger partial charge in [-0.05, 0) is 12.1 Å². The highest BCUT2D eigenvalue weighted by Gasteiger charge is 2.19. The second-order valence-electron chi connectivity index (χ2n) is 4.25. The van der Waals surface area contributed by atoms with Crippen molar-refractivity contribution in [1.82, 2.24) is 15.1 Å². The van der Waals surface area contributed by atoms with Gasteiger partial charge in [0.25, 0.3) is 0 Å². The molecule has 3 N–H and O–H groups in total. The highest BCUT2D eigenvalue weighted by molar-refractivity contribution is 5.38. The van der Waals surface area contributed by atoms with Crippen LogP contribution in [0, 0.1) is 0 Å². The quantitative estimate of drug-likeness (QED) is 0.805. The monoisotopic (exact) mass is 228 g/mol. The minimum Gasteiger partial charge on any atom is -0.325 e. The van der Waals surface area contributed by atoms with Crippen LogP contribution in [0.4, 0.5) is 0 Å². The summed E-state index contributed by atoms with van der Waals surface area (Å²) in [6.07, 6.45) is 0.988. The standard InChI is InChI=1S/C13H16N4/c14-8-13-11-9-15-7-6-12(11)16-17(13)10-4-2-1-3-5-10/h1-5,15H,6-9,14H2. The summed E-state index contributed by atoms with van der Waals surface area (Å²) in [7, 11) is 0. The normalized spacial score (nSPS) is 14.6. The van der Waals surface area contributed by atoms with Crippen LogP contribution in [0.3, 0.4) is 0 Å². The van der Waals surface area contributed by atoms with E-state index in [0.29, 0.717) is 6.54 Å². The summed E-state index contributed by atoms with van der Waals surface area (Å²) in [4.78, 5) is 0. The molecule has 1 aromatic carbocycles. The Labute approximate surface area is 100 Å². The summed E-state index contributed by atoms with van der Waals surface area (Å²) < 4.78 is 1.98. The third-order valence-corrected chi connectivity index (χ3v) is 3.21. The van der Waals surface area contributed by atoms with Gasteiger partial charge in [-0.15, -0.1) is 0 Å². The van der Waals surface area contributed by atoms with Crippen LogP contribution in [0.2, 0.25) is 0 Å². The minimum absolute atomic E-state index is 0.527. The third-order valence-electron chi connectivity index (χ3n) is 3.21. The first-order valence-corrected chi connectivity index (χ1v) is 5.96. The Morgan fingerprint density at radius 1 is 1.29 bits per heavy atom. The third kappa shape index (κ3) is 1.75. The number of nitrogens with two attached hydrogens (primary N) is 1. The van der Waals surface area contributed by atoms with Crippen molar-refractivity contribution in [3.63, 3.8) is 0 Å². The molecule has 1 aromatic heterocycles. The van der Waals surface area contributed by atoms with Gasteiger partial charge in [-0.1, -0.05) is 18.2 Å². The van der Waals surface area contributed by atoms with Gasteiger partial charge in [-0.2, -0.15) is 5.10 Å². The molecule has 0 spiro atoms. The predicted molar refractivity (Wildman–Crippen MR) is 66.9 cm³/mol. The van der Waals surface area contributed by atoms with Gasteiger partial charge in [0.15, 0.2) is 0 Å². The molecule has 17 heavy (non-hydrogen) atoms. The zero-order chi connectivity index (χ0) is 11.7. The number of para-hydroxylation sites is 1. The van der Waals surface area contributed by atoms with Gasteiger partial charge in [-0.25, -0.2) is 4.68 Å². The Balaban J connectivity index is 2.14. The van der Waals surface area contributed by atoms with Gasteiger partial charge in [-0.3, -0.25) is 0 Å². The molecule has 4 heteroatoms. The highest BCUT2D eigenvalue weighted by atomic mass is 15.3. The van der Waals surface area contributed by atoms with E-state index in [2.05, 4.69) is 22.5 Å². The fraction of sp³-hybridized carbons (Fsp3) is 0.308. The second kappa shape index (κ2) is 4.31. The van der Waals surface area contributed by atoms with Crippen LogP contribution in [0.15, 0.2) is 30.3 Å². The van der Waals surface area contributed by atoms with Crippen molar-refractivity contribution < 1.29 is 0 Å². The summed E-state index contributed by atoms with van der Waals surface area (Å²) in [6, 6.07) is 10.2. The molecule has 1 aliphatic heterocycles. The molecule has 0 unspecified atom stereocenters. The average Bonchev–Trinajstić information content (AvgIpc) is 2.78. The van der Waals surface area contributed by atoms with Crippen LogP contribution in [0.5, 0.6) is 0 Å². The second-order valence-corrected chi connectivity index (χ2v) is 4.25. The van der Waals surface area contributed by atoms with Gasteiger partial charge >= 0.3 is 0 Å². The largest absolute Gasteiger partial charge is 0.325 e. The molecule has 1 aliphatic rings. The molecule has 0 aliphatic carbocycles. The van der Waals surface area contributed by atoms with Crippen molar-refractivity contribution in [2.45, 2.75) is 19.5 Å². The summed E-state index contributed by atoms with van der Waals surface area (Å²) >= 11 is 0. The predicted octanol–water partition coefficient (Wildman–Crippen LogP) is 0.977. The first kappa shape index (κ1) is 10.5. The van der Waals surface area contributed by atoms with Crippen LogP contribution in [0.1, 0.15) is 17.0 Å². The number of fused-ring (bicyclic) bond motifs is 1. The molecule has 0 saturated heterocycles. The van der Waals surface area contributed by atoms with E-state index < -0.39 is 0 Å². The molecular weight excluding hydrogens is 212 g/mol. The molecule has 0 radical (unpaired) electrons. The van der Waals surface area contributed by atoms with Crippen LogP contribution < -0.4 is 11.1 Å². The molecule has 88 valence electrons. The van der Waals surface area contributed by atoms with Crippen LogP contribution in [0.25, 0.3) is 5.69 Å². The molecule has 0 saturated carbocycles. The Hall–Kier alpha value is -1.65. The average molecular weight is 228 g/mol. The maximum atomic E-state index is 5.87. The number of nitrogens with one attached hydrogen (secondary N) is 1. The number of hydrogen-bond acceptors (Lipinski definition) is 3. The number of aromatic nitrogens is 2. The molecule has 2 aromatic rings. The fourth-order valence-electron chi connectivity index (χ4n) is 2.35. The van der Waals surface area contributed by atoms with Crippen molar-refractivity contribution in [3.8, 4) is 5.69 Å². The van der Waals surface area contributed by atoms with Crippen molar-refractivity contribution in [2.75, 3.05) is 6.54 Å². The lowest BCUT2D eigenvalue weighted by Crippen LogP contribution is -2.24. The van der Waals surface area contributed by atoms with Crippen molar-refractivity contribution >= 4 is 0 Å². The van der Waals surface area contributed by atoms with Crippen LogP contribution in [-0.4, -0.2) is 16.3 Å². The minimum atomic E-state index is 0.527. The van der Waals surface area contributed by atoms with E-state index in [-0.39, 0.29) is 0 Å². The Morgan fingerprint density at radius 3 is 2.88 bits per heavy atom. The van der Waals surface area contributed by atoms with E-state index in [0.717, 1.165) is 30.9 Å². The lowest BCUT2D eigenvalue weighted by atomic mass is 10.1. The van der Waals surface area contributed by atoms with E-state index >= 15 is 0 Å². The Bertz CT molecular complexity index is 516. The van der Waals surface area contributed by atoms with E-state index in [1.165, 1.54) is 11.3 Å². The lowest BCUT2D eigenvalue weighted by Gasteiger charge is -2.12. The lowest BCUT2D eigenvalue weighted by molar-refractivity contribution is 0.633. The molecule has 0 atom stereocenters. The van der Waals surface area contributed by atoms with Crippen molar-refractivity contribution in [3.05, 3.63) is 47.3 Å². The maximum absolute atomic E-state index is 5.87. The number of nitrogens with zero attached hydrogens (tertiary/aromatic N) is 2. The van der Waals surface area contributed by atoms with Crippen LogP contribution >= 0.6 is 0 Å². The fourth-order valence-corrected chi connectivity index (χ4v) is 2.35. The van der Waals surface area contributed by atoms with Gasteiger partial charge in [0.05, 0.1) is 17.1 Å². The molecule has 0 fully saturated rings. The Morgan fingerprint density at radius 2 is 2.12 bits per heavy atom. The topological polar surface area (TPSA) is 55.9 Å². The van der Waals surface area contributed by atoms with Crippen LogP contribution in [-0.2, 0) is 19.5 Å². The molecule has 3 rings (SSSR count). The van der Waals surface area contributed by atoms with E-state index in [1.54, 1.807) is 0 Å². The molecule has 4 nitrogen and oxygen atoms in total. The molecule has 2 heterocycles. The first-order valence-electron chi connectivity index (χ1n) is 5.96. The van der Waals surface area contributed by atoms with Gasteiger partial charge < -0.3 is 11.1 Å². The Kier molecular flexibility index (Phi) is 2.66.